The predicted molar refractivity (Wildman–Crippen MR) is 144 cm³/mol. The van der Waals surface area contributed by atoms with Crippen molar-refractivity contribution in [2.75, 3.05) is 39.3 Å². The molecule has 1 aliphatic heterocycles. The lowest BCUT2D eigenvalue weighted by Gasteiger charge is -2.39. The minimum absolute atomic E-state index is 0.0288. The molecular formula is C29H35N3OS. The van der Waals surface area contributed by atoms with Gasteiger partial charge in [-0.3, -0.25) is 9.69 Å². The third kappa shape index (κ3) is 6.50. The molecule has 2 aromatic rings. The Bertz CT molecular complexity index is 984. The highest BCUT2D eigenvalue weighted by Gasteiger charge is 2.26. The Kier molecular flexibility index (Phi) is 8.80. The average Bonchev–Trinajstić information content (AvgIpc) is 2.87. The Morgan fingerprint density at radius 2 is 1.56 bits per heavy atom. The van der Waals surface area contributed by atoms with Crippen LogP contribution in [0.15, 0.2) is 84.0 Å². The van der Waals surface area contributed by atoms with Crippen LogP contribution in [0.4, 0.5) is 0 Å². The molecule has 4 rings (SSSR count). The number of nitrogens with zero attached hydrogens (tertiary/aromatic N) is 2. The fraction of sp³-hybridized carbons (Fsp3) is 0.379. The maximum atomic E-state index is 12.4. The molecular weight excluding hydrogens is 438 g/mol. The molecule has 1 heterocycles. The quantitative estimate of drug-likeness (QED) is 0.414. The van der Waals surface area contributed by atoms with Crippen molar-refractivity contribution in [2.24, 2.45) is 0 Å². The molecule has 178 valence electrons. The lowest BCUT2D eigenvalue weighted by molar-refractivity contribution is -0.117. The molecule has 0 bridgehead atoms. The maximum absolute atomic E-state index is 12.4. The SMILES string of the molecule is CC1=CCC(=S)C(C(=O)NCCCCN2CCN(C(c3ccccc3)c3ccccc3)CC2)=C1. The van der Waals surface area contributed by atoms with Crippen molar-refractivity contribution in [3.8, 4) is 0 Å². The molecule has 4 nitrogen and oxygen atoms in total. The number of unbranched alkanes of at least 4 members (excludes halogenated alkanes) is 1. The van der Waals surface area contributed by atoms with E-state index in [0.29, 0.717) is 24.6 Å². The first-order chi connectivity index (χ1) is 16.6. The van der Waals surface area contributed by atoms with Gasteiger partial charge in [0.25, 0.3) is 5.91 Å². The zero-order valence-electron chi connectivity index (χ0n) is 20.1. The van der Waals surface area contributed by atoms with Gasteiger partial charge >= 0.3 is 0 Å². The van der Waals surface area contributed by atoms with Gasteiger partial charge in [-0.2, -0.15) is 0 Å². The number of hydrogen-bond donors (Lipinski definition) is 1. The Hall–Kier alpha value is -2.60. The second kappa shape index (κ2) is 12.2. The number of piperazine rings is 1. The fourth-order valence-electron chi connectivity index (χ4n) is 4.81. The van der Waals surface area contributed by atoms with Crippen LogP contribution in [-0.4, -0.2) is 59.8 Å². The van der Waals surface area contributed by atoms with Crippen LogP contribution in [-0.2, 0) is 4.79 Å². The van der Waals surface area contributed by atoms with Crippen LogP contribution in [0.25, 0.3) is 0 Å². The summed E-state index contributed by atoms with van der Waals surface area (Å²) in [5.41, 5.74) is 4.49. The van der Waals surface area contributed by atoms with Crippen LogP contribution in [0.2, 0.25) is 0 Å². The molecule has 0 spiro atoms. The summed E-state index contributed by atoms with van der Waals surface area (Å²) in [7, 11) is 0. The minimum Gasteiger partial charge on any atom is -0.352 e. The van der Waals surface area contributed by atoms with E-state index in [9.17, 15) is 4.79 Å². The number of carbonyl (C=O) groups is 1. The normalized spacial score (nSPS) is 17.4. The standard InChI is InChI=1S/C29H35N3OS/c1-23-14-15-27(34)26(22-23)29(33)30-16-8-9-17-31-18-20-32(21-19-31)28(24-10-4-2-5-11-24)25-12-6-3-7-13-25/h2-7,10-14,22,28H,8-9,15-21H2,1H3,(H,30,33). The Labute approximate surface area is 209 Å². The topological polar surface area (TPSA) is 35.6 Å². The monoisotopic (exact) mass is 473 g/mol. The van der Waals surface area contributed by atoms with Crippen molar-refractivity contribution in [1.29, 1.82) is 0 Å². The third-order valence-electron chi connectivity index (χ3n) is 6.72. The van der Waals surface area contributed by atoms with Crippen molar-refractivity contribution in [3.63, 3.8) is 0 Å². The highest BCUT2D eigenvalue weighted by atomic mass is 32.1. The first-order valence-corrected chi connectivity index (χ1v) is 12.8. The molecule has 0 unspecified atom stereocenters. The van der Waals surface area contributed by atoms with E-state index in [1.807, 2.05) is 13.0 Å². The van der Waals surface area contributed by atoms with E-state index < -0.39 is 0 Å². The average molecular weight is 474 g/mol. The van der Waals surface area contributed by atoms with E-state index in [1.165, 1.54) is 11.1 Å². The number of benzene rings is 2. The van der Waals surface area contributed by atoms with Gasteiger partial charge in [-0.25, -0.2) is 0 Å². The highest BCUT2D eigenvalue weighted by Crippen LogP contribution is 2.29. The Morgan fingerprint density at radius 3 is 2.18 bits per heavy atom. The van der Waals surface area contributed by atoms with Crippen LogP contribution >= 0.6 is 12.2 Å². The molecule has 5 heteroatoms. The fourth-order valence-corrected chi connectivity index (χ4v) is 5.05. The number of thiocarbonyl (C=S) groups is 1. The van der Waals surface area contributed by atoms with E-state index >= 15 is 0 Å². The predicted octanol–water partition coefficient (Wildman–Crippen LogP) is 4.94. The lowest BCUT2D eigenvalue weighted by Crippen LogP contribution is -2.48. The summed E-state index contributed by atoms with van der Waals surface area (Å²) in [4.78, 5) is 18.3. The zero-order chi connectivity index (χ0) is 23.8. The van der Waals surface area contributed by atoms with Crippen molar-refractivity contribution >= 4 is 23.0 Å². The summed E-state index contributed by atoms with van der Waals surface area (Å²) in [5.74, 6) is -0.0288. The van der Waals surface area contributed by atoms with E-state index in [2.05, 4.69) is 81.9 Å². The molecule has 0 radical (unpaired) electrons. The number of nitrogens with one attached hydrogen (secondary N) is 1. The van der Waals surface area contributed by atoms with Gasteiger partial charge in [-0.05, 0) is 43.5 Å². The number of carbonyl (C=O) groups excluding carboxylic acids is 1. The second-order valence-electron chi connectivity index (χ2n) is 9.20. The van der Waals surface area contributed by atoms with Crippen LogP contribution in [0.3, 0.4) is 0 Å². The van der Waals surface area contributed by atoms with Crippen molar-refractivity contribution < 1.29 is 4.79 Å². The molecule has 1 aliphatic carbocycles. The van der Waals surface area contributed by atoms with E-state index in [0.717, 1.165) is 56.0 Å². The van der Waals surface area contributed by atoms with Crippen LogP contribution < -0.4 is 5.32 Å². The van der Waals surface area contributed by atoms with Gasteiger partial charge in [0.15, 0.2) is 0 Å². The first kappa shape index (κ1) is 24.5. The van der Waals surface area contributed by atoms with E-state index in [1.54, 1.807) is 0 Å². The summed E-state index contributed by atoms with van der Waals surface area (Å²) < 4.78 is 0. The van der Waals surface area contributed by atoms with Crippen LogP contribution in [0.5, 0.6) is 0 Å². The van der Waals surface area contributed by atoms with Gasteiger partial charge in [-0.15, -0.1) is 0 Å². The van der Waals surface area contributed by atoms with E-state index in [-0.39, 0.29) is 5.91 Å². The number of rotatable bonds is 9. The summed E-state index contributed by atoms with van der Waals surface area (Å²) in [5, 5.41) is 3.05. The van der Waals surface area contributed by atoms with Gasteiger partial charge in [0, 0.05) is 44.0 Å². The summed E-state index contributed by atoms with van der Waals surface area (Å²) in [6, 6.07) is 22.0. The second-order valence-corrected chi connectivity index (χ2v) is 9.69. The number of allylic oxidation sites excluding steroid dienone is 3. The molecule has 2 aromatic carbocycles. The van der Waals surface area contributed by atoms with Crippen molar-refractivity contribution in [3.05, 3.63) is 95.1 Å². The molecule has 2 aliphatic rings. The molecule has 34 heavy (non-hydrogen) atoms. The Balaban J connectivity index is 1.21. The molecule has 0 saturated carbocycles. The van der Waals surface area contributed by atoms with Gasteiger partial charge in [-0.1, -0.05) is 84.5 Å². The number of amides is 1. The zero-order valence-corrected chi connectivity index (χ0v) is 20.9. The largest absolute Gasteiger partial charge is 0.352 e. The van der Waals surface area contributed by atoms with Gasteiger partial charge in [0.2, 0.25) is 0 Å². The first-order valence-electron chi connectivity index (χ1n) is 12.4. The molecule has 0 atom stereocenters. The molecule has 1 saturated heterocycles. The summed E-state index contributed by atoms with van der Waals surface area (Å²) in [6.07, 6.45) is 6.74. The molecule has 1 N–H and O–H groups in total. The summed E-state index contributed by atoms with van der Waals surface area (Å²) >= 11 is 5.35. The minimum atomic E-state index is -0.0288. The van der Waals surface area contributed by atoms with Crippen molar-refractivity contribution in [1.82, 2.24) is 15.1 Å². The van der Waals surface area contributed by atoms with Crippen molar-refractivity contribution in [2.45, 2.75) is 32.2 Å². The van der Waals surface area contributed by atoms with Gasteiger partial charge in [0.1, 0.15) is 0 Å². The maximum Gasteiger partial charge on any atom is 0.252 e. The Morgan fingerprint density at radius 1 is 0.941 bits per heavy atom. The van der Waals surface area contributed by atoms with E-state index in [4.69, 9.17) is 12.2 Å². The number of hydrogen-bond acceptors (Lipinski definition) is 4. The third-order valence-corrected chi connectivity index (χ3v) is 7.10. The van der Waals surface area contributed by atoms with Crippen LogP contribution in [0.1, 0.15) is 43.4 Å². The lowest BCUT2D eigenvalue weighted by atomic mass is 9.96. The highest BCUT2D eigenvalue weighted by molar-refractivity contribution is 7.81. The molecule has 0 aromatic heterocycles. The summed E-state index contributed by atoms with van der Waals surface area (Å²) in [6.45, 7) is 8.06. The van der Waals surface area contributed by atoms with Gasteiger partial charge in [0.05, 0.1) is 11.6 Å². The molecule has 1 fully saturated rings. The van der Waals surface area contributed by atoms with Crippen LogP contribution in [0, 0.1) is 0 Å². The smallest absolute Gasteiger partial charge is 0.252 e. The van der Waals surface area contributed by atoms with Gasteiger partial charge < -0.3 is 10.2 Å². The molecule has 1 amide bonds.